The summed E-state index contributed by atoms with van der Waals surface area (Å²) in [5.41, 5.74) is -1.22. The van der Waals surface area contributed by atoms with Crippen molar-refractivity contribution in [1.82, 2.24) is 4.90 Å². The molecular weight excluding hydrogens is 213 g/mol. The summed E-state index contributed by atoms with van der Waals surface area (Å²) >= 11 is 1.41. The zero-order valence-electron chi connectivity index (χ0n) is 8.70. The summed E-state index contributed by atoms with van der Waals surface area (Å²) in [5.74, 6) is -0.0337. The van der Waals surface area contributed by atoms with Crippen molar-refractivity contribution in [2.45, 2.75) is 25.4 Å². The number of hydrogen-bond acceptors (Lipinski definition) is 2. The van der Waals surface area contributed by atoms with Crippen molar-refractivity contribution in [3.63, 3.8) is 0 Å². The SMILES string of the molecule is C[C@@]1(F)CCCN(C(=O)c2cccs2)C1. The Balaban J connectivity index is 2.08. The first kappa shape index (κ1) is 10.6. The smallest absolute Gasteiger partial charge is 0.264 e. The van der Waals surface area contributed by atoms with Gasteiger partial charge in [-0.2, -0.15) is 0 Å². The van der Waals surface area contributed by atoms with Crippen molar-refractivity contribution in [1.29, 1.82) is 0 Å². The van der Waals surface area contributed by atoms with E-state index < -0.39 is 5.67 Å². The topological polar surface area (TPSA) is 20.3 Å². The Bertz CT molecular complexity index is 347. The predicted octanol–water partition coefficient (Wildman–Crippen LogP) is 2.71. The maximum atomic E-state index is 13.7. The van der Waals surface area contributed by atoms with Crippen molar-refractivity contribution in [2.24, 2.45) is 0 Å². The molecule has 1 aromatic rings. The number of amides is 1. The van der Waals surface area contributed by atoms with Gasteiger partial charge < -0.3 is 4.90 Å². The molecule has 0 N–H and O–H groups in total. The lowest BCUT2D eigenvalue weighted by atomic mass is 9.97. The summed E-state index contributed by atoms with van der Waals surface area (Å²) in [6, 6.07) is 3.63. The van der Waals surface area contributed by atoms with Gasteiger partial charge in [0.05, 0.1) is 11.4 Å². The molecule has 2 nitrogen and oxygen atoms in total. The number of likely N-dealkylation sites (tertiary alicyclic amines) is 1. The van der Waals surface area contributed by atoms with Crippen LogP contribution in [0.5, 0.6) is 0 Å². The van der Waals surface area contributed by atoms with E-state index in [0.29, 0.717) is 17.8 Å². The third kappa shape index (κ3) is 2.37. The van der Waals surface area contributed by atoms with Gasteiger partial charge in [-0.15, -0.1) is 11.3 Å². The molecule has 0 unspecified atom stereocenters. The molecule has 1 amide bonds. The average Bonchev–Trinajstić information content (AvgIpc) is 2.67. The molecule has 15 heavy (non-hydrogen) atoms. The number of alkyl halides is 1. The highest BCUT2D eigenvalue weighted by Gasteiger charge is 2.33. The Labute approximate surface area is 92.7 Å². The second-order valence-electron chi connectivity index (χ2n) is 4.22. The van der Waals surface area contributed by atoms with E-state index in [0.717, 1.165) is 6.42 Å². The lowest BCUT2D eigenvalue weighted by Gasteiger charge is -2.34. The van der Waals surface area contributed by atoms with Crippen LogP contribution in [0.4, 0.5) is 4.39 Å². The first-order valence-corrected chi connectivity index (χ1v) is 5.98. The van der Waals surface area contributed by atoms with Gasteiger partial charge >= 0.3 is 0 Å². The zero-order chi connectivity index (χ0) is 10.9. The summed E-state index contributed by atoms with van der Waals surface area (Å²) in [6.07, 6.45) is 1.31. The molecule has 4 heteroatoms. The van der Waals surface area contributed by atoms with Crippen LogP contribution in [0, 0.1) is 0 Å². The molecular formula is C11H14FNOS. The predicted molar refractivity (Wildman–Crippen MR) is 59.0 cm³/mol. The van der Waals surface area contributed by atoms with Crippen molar-refractivity contribution < 1.29 is 9.18 Å². The fraction of sp³-hybridized carbons (Fsp3) is 0.545. The van der Waals surface area contributed by atoms with E-state index in [1.807, 2.05) is 11.4 Å². The van der Waals surface area contributed by atoms with Crippen LogP contribution in [0.15, 0.2) is 17.5 Å². The molecule has 2 rings (SSSR count). The normalized spacial score (nSPS) is 26.7. The first-order valence-electron chi connectivity index (χ1n) is 5.10. The van der Waals surface area contributed by atoms with Crippen LogP contribution in [-0.4, -0.2) is 29.6 Å². The molecule has 1 fully saturated rings. The summed E-state index contributed by atoms with van der Waals surface area (Å²) in [7, 11) is 0. The molecule has 0 aromatic carbocycles. The molecule has 1 aromatic heterocycles. The van der Waals surface area contributed by atoms with E-state index in [1.54, 1.807) is 17.9 Å². The molecule has 0 saturated carbocycles. The minimum atomic E-state index is -1.22. The van der Waals surface area contributed by atoms with Crippen LogP contribution in [0.25, 0.3) is 0 Å². The fourth-order valence-corrected chi connectivity index (χ4v) is 2.61. The average molecular weight is 227 g/mol. The third-order valence-electron chi connectivity index (χ3n) is 2.67. The lowest BCUT2D eigenvalue weighted by Crippen LogP contribution is -2.46. The number of piperidine rings is 1. The van der Waals surface area contributed by atoms with E-state index in [4.69, 9.17) is 0 Å². The van der Waals surface area contributed by atoms with Gasteiger partial charge in [-0.1, -0.05) is 6.07 Å². The molecule has 1 saturated heterocycles. The number of rotatable bonds is 1. The van der Waals surface area contributed by atoms with Gasteiger partial charge in [0.25, 0.3) is 5.91 Å². The van der Waals surface area contributed by atoms with Gasteiger partial charge in [0.15, 0.2) is 0 Å². The van der Waals surface area contributed by atoms with Crippen LogP contribution in [0.3, 0.4) is 0 Å². The number of carbonyl (C=O) groups excluding carboxylic acids is 1. The molecule has 1 aliphatic rings. The first-order chi connectivity index (χ1) is 7.08. The molecule has 1 aliphatic heterocycles. The Morgan fingerprint density at radius 1 is 1.67 bits per heavy atom. The maximum Gasteiger partial charge on any atom is 0.264 e. The van der Waals surface area contributed by atoms with Gasteiger partial charge in [0, 0.05) is 6.54 Å². The molecule has 0 aliphatic carbocycles. The summed E-state index contributed by atoms with van der Waals surface area (Å²) in [5, 5.41) is 1.87. The molecule has 2 heterocycles. The molecule has 0 radical (unpaired) electrons. The fourth-order valence-electron chi connectivity index (χ4n) is 1.92. The van der Waals surface area contributed by atoms with E-state index in [1.165, 1.54) is 11.3 Å². The van der Waals surface area contributed by atoms with Gasteiger partial charge in [0.1, 0.15) is 5.67 Å². The largest absolute Gasteiger partial charge is 0.335 e. The highest BCUT2D eigenvalue weighted by Crippen LogP contribution is 2.26. The Morgan fingerprint density at radius 3 is 3.07 bits per heavy atom. The van der Waals surface area contributed by atoms with E-state index in [-0.39, 0.29) is 12.5 Å². The number of carbonyl (C=O) groups is 1. The Kier molecular flexibility index (Phi) is 2.78. The standard InChI is InChI=1S/C11H14FNOS/c1-11(12)5-3-6-13(8-11)10(14)9-4-2-7-15-9/h2,4,7H,3,5-6,8H2,1H3/t11-/m1/s1. The molecule has 0 bridgehead atoms. The lowest BCUT2D eigenvalue weighted by molar-refractivity contribution is 0.0421. The Morgan fingerprint density at radius 2 is 2.47 bits per heavy atom. The zero-order valence-corrected chi connectivity index (χ0v) is 9.52. The molecule has 1 atom stereocenters. The molecule has 82 valence electrons. The van der Waals surface area contributed by atoms with Crippen LogP contribution in [0.2, 0.25) is 0 Å². The van der Waals surface area contributed by atoms with Crippen molar-refractivity contribution in [3.8, 4) is 0 Å². The number of nitrogens with zero attached hydrogens (tertiary/aromatic N) is 1. The monoisotopic (exact) mass is 227 g/mol. The van der Waals surface area contributed by atoms with Gasteiger partial charge in [-0.3, -0.25) is 4.79 Å². The third-order valence-corrected chi connectivity index (χ3v) is 3.52. The van der Waals surface area contributed by atoms with E-state index in [9.17, 15) is 9.18 Å². The van der Waals surface area contributed by atoms with Crippen LogP contribution >= 0.6 is 11.3 Å². The quantitative estimate of drug-likeness (QED) is 0.722. The number of halogens is 1. The van der Waals surface area contributed by atoms with Gasteiger partial charge in [0.2, 0.25) is 0 Å². The summed E-state index contributed by atoms with van der Waals surface area (Å²) in [4.78, 5) is 14.2. The van der Waals surface area contributed by atoms with Gasteiger partial charge in [-0.05, 0) is 31.2 Å². The Hall–Kier alpha value is -0.900. The number of hydrogen-bond donors (Lipinski definition) is 0. The highest BCUT2D eigenvalue weighted by molar-refractivity contribution is 7.12. The number of thiophene rings is 1. The van der Waals surface area contributed by atoms with Crippen LogP contribution < -0.4 is 0 Å². The summed E-state index contributed by atoms with van der Waals surface area (Å²) in [6.45, 7) is 2.47. The van der Waals surface area contributed by atoms with Crippen molar-refractivity contribution >= 4 is 17.2 Å². The maximum absolute atomic E-state index is 13.7. The summed E-state index contributed by atoms with van der Waals surface area (Å²) < 4.78 is 13.7. The second kappa shape index (κ2) is 3.93. The van der Waals surface area contributed by atoms with Gasteiger partial charge in [-0.25, -0.2) is 4.39 Å². The minimum absolute atomic E-state index is 0.0337. The van der Waals surface area contributed by atoms with E-state index in [2.05, 4.69) is 0 Å². The van der Waals surface area contributed by atoms with E-state index >= 15 is 0 Å². The van der Waals surface area contributed by atoms with Crippen LogP contribution in [-0.2, 0) is 0 Å². The second-order valence-corrected chi connectivity index (χ2v) is 5.17. The minimum Gasteiger partial charge on any atom is -0.335 e. The molecule has 0 spiro atoms. The highest BCUT2D eigenvalue weighted by atomic mass is 32.1. The van der Waals surface area contributed by atoms with Crippen LogP contribution in [0.1, 0.15) is 29.4 Å². The van der Waals surface area contributed by atoms with Crippen molar-refractivity contribution in [2.75, 3.05) is 13.1 Å². The van der Waals surface area contributed by atoms with Crippen molar-refractivity contribution in [3.05, 3.63) is 22.4 Å².